The van der Waals surface area contributed by atoms with E-state index in [9.17, 15) is 8.78 Å². The van der Waals surface area contributed by atoms with E-state index in [4.69, 9.17) is 0 Å². The third-order valence-electron chi connectivity index (χ3n) is 1.29. The maximum Gasteiger partial charge on any atom is 0.263 e. The molecule has 1 aromatic rings. The van der Waals surface area contributed by atoms with Crippen LogP contribution in [0, 0.1) is 6.92 Å². The van der Waals surface area contributed by atoms with E-state index in [0.717, 1.165) is 5.56 Å². The van der Waals surface area contributed by atoms with Crippen molar-refractivity contribution in [1.29, 1.82) is 0 Å². The first-order valence-corrected chi connectivity index (χ1v) is 4.05. The lowest BCUT2D eigenvalue weighted by atomic mass is 10.1. The van der Waals surface area contributed by atoms with Gasteiger partial charge in [-0.15, -0.1) is 0 Å². The van der Waals surface area contributed by atoms with Gasteiger partial charge in [0.25, 0.3) is 6.43 Å². The Bertz CT molecular complexity index is 219. The van der Waals surface area contributed by atoms with Crippen LogP contribution in [0.25, 0.3) is 0 Å². The zero-order valence-corrected chi connectivity index (χ0v) is 7.64. The average Bonchev–Trinajstić information content (AvgIpc) is 2.08. The minimum absolute atomic E-state index is 0.0972. The molecule has 0 N–H and O–H groups in total. The molecule has 0 aliphatic carbocycles. The van der Waals surface area contributed by atoms with Gasteiger partial charge in [-0.3, -0.25) is 0 Å². The molecule has 0 aromatic heterocycles. The fourth-order valence-corrected chi connectivity index (χ4v) is 0.806. The maximum absolute atomic E-state index is 11.9. The van der Waals surface area contributed by atoms with Gasteiger partial charge in [-0.25, -0.2) is 8.78 Å². The highest BCUT2D eigenvalue weighted by Gasteiger charge is 2.04. The molecule has 0 aliphatic rings. The predicted molar refractivity (Wildman–Crippen MR) is 47.5 cm³/mol. The first-order valence-electron chi connectivity index (χ1n) is 4.05. The molecule has 12 heavy (non-hydrogen) atoms. The minimum Gasteiger partial charge on any atom is -0.205 e. The zero-order valence-electron chi connectivity index (χ0n) is 7.64. The minimum atomic E-state index is -2.35. The van der Waals surface area contributed by atoms with Crippen LogP contribution >= 0.6 is 0 Å². The van der Waals surface area contributed by atoms with Crippen LogP contribution < -0.4 is 0 Å². The van der Waals surface area contributed by atoms with Gasteiger partial charge in [-0.1, -0.05) is 43.7 Å². The second-order valence-corrected chi connectivity index (χ2v) is 2.21. The molecule has 0 heterocycles. The highest BCUT2D eigenvalue weighted by Crippen LogP contribution is 2.18. The Morgan fingerprint density at radius 1 is 1.17 bits per heavy atom. The van der Waals surface area contributed by atoms with Crippen molar-refractivity contribution in [3.05, 3.63) is 35.4 Å². The average molecular weight is 172 g/mol. The molecule has 0 unspecified atom stereocenters. The number of alkyl halides is 2. The SMILES string of the molecule is CC.Cc1cccc(C(F)F)c1. The Morgan fingerprint density at radius 3 is 2.08 bits per heavy atom. The molecule has 0 fully saturated rings. The summed E-state index contributed by atoms with van der Waals surface area (Å²) in [5.41, 5.74) is 0.970. The van der Waals surface area contributed by atoms with Gasteiger partial charge in [0.1, 0.15) is 0 Å². The fraction of sp³-hybridized carbons (Fsp3) is 0.400. The van der Waals surface area contributed by atoms with Crippen LogP contribution in [0.3, 0.4) is 0 Å². The molecular formula is C10H14F2. The van der Waals surface area contributed by atoms with Gasteiger partial charge in [0.05, 0.1) is 0 Å². The van der Waals surface area contributed by atoms with Crippen LogP contribution in [0.4, 0.5) is 8.78 Å². The Morgan fingerprint density at radius 2 is 1.75 bits per heavy atom. The number of hydrogen-bond donors (Lipinski definition) is 0. The number of benzene rings is 1. The lowest BCUT2D eigenvalue weighted by molar-refractivity contribution is 0.151. The van der Waals surface area contributed by atoms with Crippen molar-refractivity contribution in [1.82, 2.24) is 0 Å². The Kier molecular flexibility index (Phi) is 5.26. The van der Waals surface area contributed by atoms with Crippen molar-refractivity contribution in [2.45, 2.75) is 27.2 Å². The van der Waals surface area contributed by atoms with Crippen molar-refractivity contribution in [2.24, 2.45) is 0 Å². The monoisotopic (exact) mass is 172 g/mol. The highest BCUT2D eigenvalue weighted by molar-refractivity contribution is 5.22. The molecule has 1 aromatic carbocycles. The Hall–Kier alpha value is -0.920. The summed E-state index contributed by atoms with van der Waals surface area (Å²) in [5, 5.41) is 0. The summed E-state index contributed by atoms with van der Waals surface area (Å²) in [4.78, 5) is 0. The molecule has 0 amide bonds. The van der Waals surface area contributed by atoms with Crippen LogP contribution in [0.15, 0.2) is 24.3 Å². The third kappa shape index (κ3) is 3.46. The van der Waals surface area contributed by atoms with E-state index in [-0.39, 0.29) is 5.56 Å². The number of rotatable bonds is 1. The van der Waals surface area contributed by atoms with E-state index < -0.39 is 6.43 Å². The highest BCUT2D eigenvalue weighted by atomic mass is 19.3. The molecule has 0 aliphatic heterocycles. The van der Waals surface area contributed by atoms with Crippen LogP contribution in [-0.4, -0.2) is 0 Å². The Labute approximate surface area is 72.2 Å². The van der Waals surface area contributed by atoms with Crippen molar-refractivity contribution in [3.8, 4) is 0 Å². The zero-order chi connectivity index (χ0) is 9.56. The molecular weight excluding hydrogens is 158 g/mol. The summed E-state index contributed by atoms with van der Waals surface area (Å²) in [6.45, 7) is 5.80. The summed E-state index contributed by atoms with van der Waals surface area (Å²) < 4.78 is 23.9. The van der Waals surface area contributed by atoms with Gasteiger partial charge in [0.2, 0.25) is 0 Å². The predicted octanol–water partition coefficient (Wildman–Crippen LogP) is 3.96. The van der Waals surface area contributed by atoms with Crippen molar-refractivity contribution in [2.75, 3.05) is 0 Å². The van der Waals surface area contributed by atoms with Gasteiger partial charge in [0.15, 0.2) is 0 Å². The van der Waals surface area contributed by atoms with Gasteiger partial charge in [-0.05, 0) is 6.92 Å². The molecule has 0 spiro atoms. The molecule has 0 nitrogen and oxygen atoms in total. The normalized spacial score (nSPS) is 9.17. The van der Waals surface area contributed by atoms with Gasteiger partial charge < -0.3 is 0 Å². The second-order valence-electron chi connectivity index (χ2n) is 2.21. The largest absolute Gasteiger partial charge is 0.263 e. The molecule has 2 heteroatoms. The summed E-state index contributed by atoms with van der Waals surface area (Å²) in [6, 6.07) is 6.35. The number of aryl methyl sites for hydroxylation is 1. The van der Waals surface area contributed by atoms with E-state index in [1.807, 2.05) is 13.8 Å². The molecule has 1 rings (SSSR count). The Balaban J connectivity index is 0.000000561. The quantitative estimate of drug-likeness (QED) is 0.601. The lowest BCUT2D eigenvalue weighted by Gasteiger charge is -1.98. The van der Waals surface area contributed by atoms with Crippen molar-refractivity contribution in [3.63, 3.8) is 0 Å². The number of hydrogen-bond acceptors (Lipinski definition) is 0. The molecule has 0 atom stereocenters. The summed E-state index contributed by atoms with van der Waals surface area (Å²) >= 11 is 0. The first-order chi connectivity index (χ1) is 5.70. The van der Waals surface area contributed by atoms with Crippen LogP contribution in [-0.2, 0) is 0 Å². The van der Waals surface area contributed by atoms with Crippen LogP contribution in [0.5, 0.6) is 0 Å². The van der Waals surface area contributed by atoms with E-state index in [2.05, 4.69) is 0 Å². The van der Waals surface area contributed by atoms with Gasteiger partial charge >= 0.3 is 0 Å². The molecule has 0 saturated heterocycles. The van der Waals surface area contributed by atoms with E-state index in [0.29, 0.717) is 0 Å². The van der Waals surface area contributed by atoms with Crippen molar-refractivity contribution < 1.29 is 8.78 Å². The summed E-state index contributed by atoms with van der Waals surface area (Å²) in [7, 11) is 0. The standard InChI is InChI=1S/C8H8F2.C2H6/c1-6-3-2-4-7(5-6)8(9)10;1-2/h2-5,8H,1H3;1-2H3. The third-order valence-corrected chi connectivity index (χ3v) is 1.29. The lowest BCUT2D eigenvalue weighted by Crippen LogP contribution is -1.83. The van der Waals surface area contributed by atoms with Crippen LogP contribution in [0.1, 0.15) is 31.4 Å². The summed E-state index contributed by atoms with van der Waals surface area (Å²) in [5.74, 6) is 0. The number of halogens is 2. The summed E-state index contributed by atoms with van der Waals surface area (Å²) in [6.07, 6.45) is -2.35. The van der Waals surface area contributed by atoms with E-state index in [1.165, 1.54) is 12.1 Å². The maximum atomic E-state index is 11.9. The molecule has 0 saturated carbocycles. The second kappa shape index (κ2) is 5.70. The first kappa shape index (κ1) is 11.1. The molecule has 0 radical (unpaired) electrons. The topological polar surface area (TPSA) is 0 Å². The van der Waals surface area contributed by atoms with Crippen LogP contribution in [0.2, 0.25) is 0 Å². The van der Waals surface area contributed by atoms with E-state index >= 15 is 0 Å². The van der Waals surface area contributed by atoms with Crippen molar-refractivity contribution >= 4 is 0 Å². The molecule has 68 valence electrons. The molecule has 0 bridgehead atoms. The van der Waals surface area contributed by atoms with Gasteiger partial charge in [0, 0.05) is 5.56 Å². The van der Waals surface area contributed by atoms with Gasteiger partial charge in [-0.2, -0.15) is 0 Å². The smallest absolute Gasteiger partial charge is 0.205 e. The van der Waals surface area contributed by atoms with E-state index in [1.54, 1.807) is 19.1 Å². The fourth-order valence-electron chi connectivity index (χ4n) is 0.806.